The Balaban J connectivity index is 2.43. The fraction of sp³-hybridized carbons (Fsp3) is 0.222. The first-order valence-corrected chi connectivity index (χ1v) is 5.39. The number of carbonyl (C=O) groups excluding carboxylic acids is 1. The number of hydrogen-bond acceptors (Lipinski definition) is 6. The highest BCUT2D eigenvalue weighted by atomic mass is 32.2. The van der Waals surface area contributed by atoms with Gasteiger partial charge in [0.05, 0.1) is 10.9 Å². The molecule has 0 aliphatic rings. The molecule has 0 aliphatic heterocycles. The summed E-state index contributed by atoms with van der Waals surface area (Å²) in [6.07, 6.45) is 0.408. The molecule has 1 N–H and O–H groups in total. The van der Waals surface area contributed by atoms with Crippen LogP contribution >= 0.6 is 0 Å². The predicted octanol–water partition coefficient (Wildman–Crippen LogP) is 0.846. The van der Waals surface area contributed by atoms with Gasteiger partial charge in [0, 0.05) is 0 Å². The van der Waals surface area contributed by atoms with Crippen LogP contribution in [0, 0.1) is 0 Å². The number of nitrogens with zero attached hydrogens (tertiary/aromatic N) is 1. The van der Waals surface area contributed by atoms with Crippen molar-refractivity contribution in [1.82, 2.24) is 0 Å². The summed E-state index contributed by atoms with van der Waals surface area (Å²) in [5.74, 6) is -0.583. The van der Waals surface area contributed by atoms with Crippen LogP contribution in [0.15, 0.2) is 28.8 Å². The molecule has 0 unspecified atom stereocenters. The summed E-state index contributed by atoms with van der Waals surface area (Å²) in [7, 11) is -2.74. The van der Waals surface area contributed by atoms with Crippen molar-refractivity contribution in [3.8, 4) is 5.75 Å². The molecular weight excluding hydrogens is 234 g/mol. The zero-order valence-electron chi connectivity index (χ0n) is 8.16. The Morgan fingerprint density at radius 2 is 1.94 bits per heavy atom. The lowest BCUT2D eigenvalue weighted by Gasteiger charge is -1.99. The third-order valence-electron chi connectivity index (χ3n) is 1.75. The summed E-state index contributed by atoms with van der Waals surface area (Å²) in [6, 6.07) is 6.31. The van der Waals surface area contributed by atoms with Crippen molar-refractivity contribution in [2.75, 3.05) is 0 Å². The first kappa shape index (κ1) is 12.2. The molecule has 7 heteroatoms. The molecule has 0 aromatic heterocycles. The summed E-state index contributed by atoms with van der Waals surface area (Å²) in [4.78, 5) is 15.0. The highest BCUT2D eigenvalue weighted by molar-refractivity contribution is 7.61. The average molecular weight is 243 g/mol. The van der Waals surface area contributed by atoms with Crippen LogP contribution < -0.4 is 0 Å². The monoisotopic (exact) mass is 243 g/mol. The van der Waals surface area contributed by atoms with Gasteiger partial charge >= 0.3 is 16.5 Å². The van der Waals surface area contributed by atoms with Crippen molar-refractivity contribution in [1.29, 1.82) is 0 Å². The zero-order chi connectivity index (χ0) is 12.0. The second-order valence-corrected chi connectivity index (χ2v) is 3.50. The molecule has 0 atom stereocenters. The standard InChI is InChI=1S/C9H9NO5S/c11-8-4-1-7(2-5-8)3-6-9(12)15-10-16(13)14/h1-2,4-5,11H,3,6H2. The molecule has 1 rings (SSSR count). The zero-order valence-corrected chi connectivity index (χ0v) is 8.98. The Kier molecular flexibility index (Phi) is 4.46. The van der Waals surface area contributed by atoms with Crippen molar-refractivity contribution in [3.05, 3.63) is 29.8 Å². The number of carbonyl (C=O) groups is 1. The second-order valence-electron chi connectivity index (χ2n) is 2.92. The Morgan fingerprint density at radius 1 is 1.31 bits per heavy atom. The average Bonchev–Trinajstić information content (AvgIpc) is 2.25. The van der Waals surface area contributed by atoms with Crippen LogP contribution in [0.2, 0.25) is 0 Å². The van der Waals surface area contributed by atoms with E-state index in [0.29, 0.717) is 6.42 Å². The summed E-state index contributed by atoms with van der Waals surface area (Å²) in [6.45, 7) is 0. The molecule has 0 fully saturated rings. The minimum atomic E-state index is -2.74. The van der Waals surface area contributed by atoms with E-state index >= 15 is 0 Å². The van der Waals surface area contributed by atoms with Gasteiger partial charge in [0.2, 0.25) is 0 Å². The second kappa shape index (κ2) is 5.86. The van der Waals surface area contributed by atoms with E-state index in [-0.39, 0.29) is 12.2 Å². The lowest BCUT2D eigenvalue weighted by molar-refractivity contribution is -0.143. The molecule has 0 heterocycles. The highest BCUT2D eigenvalue weighted by Gasteiger charge is 2.03. The molecule has 1 aromatic rings. The van der Waals surface area contributed by atoms with Crippen LogP contribution in [-0.4, -0.2) is 19.5 Å². The van der Waals surface area contributed by atoms with Gasteiger partial charge in [-0.05, 0) is 24.1 Å². The maximum atomic E-state index is 10.9. The predicted molar refractivity (Wildman–Crippen MR) is 53.9 cm³/mol. The first-order valence-electron chi connectivity index (χ1n) is 4.36. The topological polar surface area (TPSA) is 93.0 Å². The van der Waals surface area contributed by atoms with Crippen molar-refractivity contribution in [3.63, 3.8) is 0 Å². The molecular formula is C9H9NO5S. The molecule has 0 amide bonds. The van der Waals surface area contributed by atoms with Crippen molar-refractivity contribution >= 4 is 16.5 Å². The number of phenols is 1. The molecule has 0 saturated heterocycles. The van der Waals surface area contributed by atoms with Crippen LogP contribution in [0.5, 0.6) is 5.75 Å². The number of aromatic hydroxyl groups is 1. The molecule has 0 saturated carbocycles. The van der Waals surface area contributed by atoms with E-state index in [2.05, 4.69) is 9.36 Å². The molecule has 0 spiro atoms. The minimum Gasteiger partial charge on any atom is -0.508 e. The minimum absolute atomic E-state index is 0.0193. The van der Waals surface area contributed by atoms with Gasteiger partial charge in [0.1, 0.15) is 5.75 Å². The van der Waals surface area contributed by atoms with E-state index in [0.717, 1.165) is 5.56 Å². The van der Waals surface area contributed by atoms with Gasteiger partial charge in [-0.1, -0.05) is 12.1 Å². The van der Waals surface area contributed by atoms with Crippen molar-refractivity contribution < 1.29 is 23.2 Å². The van der Waals surface area contributed by atoms with Gasteiger partial charge in [0.25, 0.3) is 0 Å². The van der Waals surface area contributed by atoms with E-state index in [1.807, 2.05) is 0 Å². The van der Waals surface area contributed by atoms with Crippen LogP contribution in [0.3, 0.4) is 0 Å². The maximum Gasteiger partial charge on any atom is 0.349 e. The molecule has 6 nitrogen and oxygen atoms in total. The maximum absolute atomic E-state index is 10.9. The summed E-state index contributed by atoms with van der Waals surface area (Å²) in [5.41, 5.74) is 0.831. The molecule has 86 valence electrons. The molecule has 1 aromatic carbocycles. The van der Waals surface area contributed by atoms with Crippen molar-refractivity contribution in [2.45, 2.75) is 12.8 Å². The van der Waals surface area contributed by atoms with E-state index < -0.39 is 16.5 Å². The Hall–Kier alpha value is -1.89. The first-order chi connectivity index (χ1) is 7.58. The molecule has 0 bridgehead atoms. The van der Waals surface area contributed by atoms with E-state index in [1.165, 1.54) is 12.1 Å². The van der Waals surface area contributed by atoms with Crippen molar-refractivity contribution in [2.24, 2.45) is 4.53 Å². The molecule has 0 radical (unpaired) electrons. The number of aryl methyl sites for hydroxylation is 1. The van der Waals surface area contributed by atoms with Crippen LogP contribution in [0.4, 0.5) is 0 Å². The largest absolute Gasteiger partial charge is 0.508 e. The van der Waals surface area contributed by atoms with E-state index in [9.17, 15) is 13.2 Å². The van der Waals surface area contributed by atoms with E-state index in [4.69, 9.17) is 5.11 Å². The summed E-state index contributed by atoms with van der Waals surface area (Å²) in [5, 5.41) is 9.00. The summed E-state index contributed by atoms with van der Waals surface area (Å²) >= 11 is 0. The summed E-state index contributed by atoms with van der Waals surface area (Å²) < 4.78 is 22.5. The van der Waals surface area contributed by atoms with E-state index in [1.54, 1.807) is 12.1 Å². The third-order valence-corrected chi connectivity index (χ3v) is 1.95. The normalized spacial score (nSPS) is 9.50. The Morgan fingerprint density at radius 3 is 2.50 bits per heavy atom. The van der Waals surface area contributed by atoms with Gasteiger partial charge in [-0.3, -0.25) is 0 Å². The number of hydrogen-bond donors (Lipinski definition) is 1. The van der Waals surface area contributed by atoms with Crippen LogP contribution in [-0.2, 0) is 26.6 Å². The van der Waals surface area contributed by atoms with Crippen LogP contribution in [0.1, 0.15) is 12.0 Å². The quantitative estimate of drug-likeness (QED) is 0.791. The molecule has 0 aliphatic carbocycles. The van der Waals surface area contributed by atoms with Gasteiger partial charge in [-0.15, -0.1) is 0 Å². The number of benzene rings is 1. The third kappa shape index (κ3) is 4.56. The molecule has 16 heavy (non-hydrogen) atoms. The lowest BCUT2D eigenvalue weighted by atomic mass is 10.1. The smallest absolute Gasteiger partial charge is 0.349 e. The van der Waals surface area contributed by atoms with Gasteiger partial charge < -0.3 is 9.94 Å². The number of phenolic OH excluding ortho intramolecular Hbond substituents is 1. The van der Waals surface area contributed by atoms with Gasteiger partial charge in [-0.25, -0.2) is 4.79 Å². The lowest BCUT2D eigenvalue weighted by Crippen LogP contribution is -2.01. The van der Waals surface area contributed by atoms with Crippen LogP contribution in [0.25, 0.3) is 0 Å². The van der Waals surface area contributed by atoms with Gasteiger partial charge in [-0.2, -0.15) is 8.42 Å². The Labute approximate surface area is 93.1 Å². The highest BCUT2D eigenvalue weighted by Crippen LogP contribution is 2.11. The SMILES string of the molecule is O=C(CCc1ccc(O)cc1)ON=S(=O)=O. The fourth-order valence-corrected chi connectivity index (χ4v) is 1.17. The fourth-order valence-electron chi connectivity index (χ4n) is 1.03. The van der Waals surface area contributed by atoms with Gasteiger partial charge in [0.15, 0.2) is 0 Å². The number of rotatable bonds is 4. The Bertz CT molecular complexity index is 483.